The third-order valence-corrected chi connectivity index (χ3v) is 3.69. The van der Waals surface area contributed by atoms with Crippen LogP contribution in [-0.4, -0.2) is 18.5 Å². The van der Waals surface area contributed by atoms with Gasteiger partial charge < -0.3 is 5.32 Å². The molecular formula is C11H22N4. The molecule has 0 spiro atoms. The minimum Gasteiger partial charge on any atom is -0.352 e. The molecule has 0 amide bonds. The van der Waals surface area contributed by atoms with Crippen molar-refractivity contribution in [2.75, 3.05) is 6.54 Å². The molecule has 2 rings (SSSR count). The molecule has 2 aliphatic carbocycles. The predicted molar refractivity (Wildman–Crippen MR) is 62.3 cm³/mol. The first-order valence-electron chi connectivity index (χ1n) is 6.11. The van der Waals surface area contributed by atoms with E-state index >= 15 is 0 Å². The van der Waals surface area contributed by atoms with E-state index in [2.05, 4.69) is 22.7 Å². The number of nitrogens with one attached hydrogen (secondary N) is 2. The summed E-state index contributed by atoms with van der Waals surface area (Å²) in [5.41, 5.74) is 2.66. The Bertz CT molecular complexity index is 239. The Morgan fingerprint density at radius 3 is 2.80 bits per heavy atom. The molecule has 0 aromatic rings. The van der Waals surface area contributed by atoms with E-state index in [-0.39, 0.29) is 0 Å². The summed E-state index contributed by atoms with van der Waals surface area (Å²) in [4.78, 5) is 4.38. The van der Waals surface area contributed by atoms with Gasteiger partial charge in [-0.15, -0.1) is 0 Å². The lowest BCUT2D eigenvalue weighted by atomic mass is 9.95. The summed E-state index contributed by atoms with van der Waals surface area (Å²) in [7, 11) is 0. The standard InChI is InChI=1S/C11H22N4/c1-2-5-13-11(15-12)14-10-7-8-3-4-9(10)6-8/h8-10H,2-7,12H2,1H3,(H2,13,14,15). The maximum absolute atomic E-state index is 5.45. The van der Waals surface area contributed by atoms with Gasteiger partial charge in [-0.05, 0) is 37.5 Å². The van der Waals surface area contributed by atoms with Crippen molar-refractivity contribution < 1.29 is 0 Å². The molecular weight excluding hydrogens is 188 g/mol. The summed E-state index contributed by atoms with van der Waals surface area (Å²) in [6.45, 7) is 2.96. The van der Waals surface area contributed by atoms with Crippen molar-refractivity contribution >= 4 is 5.96 Å². The van der Waals surface area contributed by atoms with Crippen LogP contribution in [0, 0.1) is 11.8 Å². The van der Waals surface area contributed by atoms with Crippen LogP contribution in [0.4, 0.5) is 0 Å². The number of hydrazine groups is 1. The van der Waals surface area contributed by atoms with E-state index < -0.39 is 0 Å². The van der Waals surface area contributed by atoms with E-state index in [1.54, 1.807) is 0 Å². The lowest BCUT2D eigenvalue weighted by Gasteiger charge is -2.24. The Morgan fingerprint density at radius 1 is 1.40 bits per heavy atom. The lowest BCUT2D eigenvalue weighted by molar-refractivity contribution is 0.387. The van der Waals surface area contributed by atoms with Crippen LogP contribution in [0.5, 0.6) is 0 Å². The average Bonchev–Trinajstić information content (AvgIpc) is 2.85. The predicted octanol–water partition coefficient (Wildman–Crippen LogP) is 0.994. The summed E-state index contributed by atoms with van der Waals surface area (Å²) in [6, 6.07) is 0.607. The molecule has 0 aromatic heterocycles. The van der Waals surface area contributed by atoms with E-state index in [9.17, 15) is 0 Å². The third kappa shape index (κ3) is 2.43. The second kappa shape index (κ2) is 4.84. The average molecular weight is 210 g/mol. The summed E-state index contributed by atoms with van der Waals surface area (Å²) in [5, 5.41) is 3.45. The Hall–Kier alpha value is -0.770. The molecule has 3 unspecified atom stereocenters. The second-order valence-corrected chi connectivity index (χ2v) is 4.80. The molecule has 4 nitrogen and oxygen atoms in total. The number of rotatable bonds is 3. The van der Waals surface area contributed by atoms with Crippen molar-refractivity contribution in [2.45, 2.75) is 45.1 Å². The first-order chi connectivity index (χ1) is 7.33. The Labute approximate surface area is 91.7 Å². The fourth-order valence-electron chi connectivity index (χ4n) is 2.95. The molecule has 2 bridgehead atoms. The molecule has 0 aromatic carbocycles. The van der Waals surface area contributed by atoms with Crippen LogP contribution in [0.15, 0.2) is 4.99 Å². The van der Waals surface area contributed by atoms with Gasteiger partial charge in [0.1, 0.15) is 0 Å². The van der Waals surface area contributed by atoms with Gasteiger partial charge in [-0.3, -0.25) is 10.4 Å². The van der Waals surface area contributed by atoms with Crippen LogP contribution in [0.2, 0.25) is 0 Å². The van der Waals surface area contributed by atoms with Crippen LogP contribution in [0.1, 0.15) is 39.0 Å². The summed E-state index contributed by atoms with van der Waals surface area (Å²) >= 11 is 0. The van der Waals surface area contributed by atoms with Gasteiger partial charge in [0, 0.05) is 12.6 Å². The summed E-state index contributed by atoms with van der Waals surface area (Å²) < 4.78 is 0. The number of nitrogens with zero attached hydrogens (tertiary/aromatic N) is 1. The highest BCUT2D eigenvalue weighted by Crippen LogP contribution is 2.44. The van der Waals surface area contributed by atoms with Gasteiger partial charge in [0.15, 0.2) is 0 Å². The molecule has 15 heavy (non-hydrogen) atoms. The lowest BCUT2D eigenvalue weighted by Crippen LogP contribution is -2.48. The molecule has 4 N–H and O–H groups in total. The molecule has 3 atom stereocenters. The number of aliphatic imine (C=N–C) groups is 1. The quantitative estimate of drug-likeness (QED) is 0.282. The first-order valence-corrected chi connectivity index (χ1v) is 6.11. The van der Waals surface area contributed by atoms with E-state index in [0.29, 0.717) is 6.04 Å². The molecule has 2 fully saturated rings. The number of nitrogens with two attached hydrogens (primary N) is 1. The topological polar surface area (TPSA) is 62.4 Å². The van der Waals surface area contributed by atoms with Gasteiger partial charge in [-0.2, -0.15) is 0 Å². The molecule has 0 saturated heterocycles. The van der Waals surface area contributed by atoms with E-state index in [1.807, 2.05) is 0 Å². The Kier molecular flexibility index (Phi) is 3.46. The minimum absolute atomic E-state index is 0.607. The number of fused-ring (bicyclic) bond motifs is 2. The van der Waals surface area contributed by atoms with Crippen LogP contribution < -0.4 is 16.6 Å². The minimum atomic E-state index is 0.607. The zero-order valence-electron chi connectivity index (χ0n) is 9.50. The molecule has 86 valence electrons. The fourth-order valence-corrected chi connectivity index (χ4v) is 2.95. The van der Waals surface area contributed by atoms with Gasteiger partial charge in [-0.1, -0.05) is 13.3 Å². The van der Waals surface area contributed by atoms with Crippen LogP contribution in [0.3, 0.4) is 0 Å². The van der Waals surface area contributed by atoms with Gasteiger partial charge in [0.2, 0.25) is 5.96 Å². The highest BCUT2D eigenvalue weighted by molar-refractivity contribution is 5.79. The van der Waals surface area contributed by atoms with Gasteiger partial charge in [0.05, 0.1) is 0 Å². The van der Waals surface area contributed by atoms with Crippen LogP contribution in [0.25, 0.3) is 0 Å². The molecule has 4 heteroatoms. The second-order valence-electron chi connectivity index (χ2n) is 4.80. The number of hydrogen-bond donors (Lipinski definition) is 3. The highest BCUT2D eigenvalue weighted by Gasteiger charge is 2.39. The Morgan fingerprint density at radius 2 is 2.27 bits per heavy atom. The molecule has 0 radical (unpaired) electrons. The van der Waals surface area contributed by atoms with Gasteiger partial charge >= 0.3 is 0 Å². The zero-order valence-corrected chi connectivity index (χ0v) is 9.50. The largest absolute Gasteiger partial charge is 0.352 e. The maximum atomic E-state index is 5.45. The zero-order chi connectivity index (χ0) is 10.7. The van der Waals surface area contributed by atoms with Crippen molar-refractivity contribution in [1.29, 1.82) is 0 Å². The highest BCUT2D eigenvalue weighted by atomic mass is 15.3. The first kappa shape index (κ1) is 10.7. The van der Waals surface area contributed by atoms with E-state index in [1.165, 1.54) is 25.7 Å². The maximum Gasteiger partial charge on any atom is 0.205 e. The van der Waals surface area contributed by atoms with Crippen molar-refractivity contribution in [3.05, 3.63) is 0 Å². The Balaban J connectivity index is 1.84. The monoisotopic (exact) mass is 210 g/mol. The number of hydrogen-bond acceptors (Lipinski definition) is 2. The normalized spacial score (nSPS) is 34.5. The molecule has 2 aliphatic rings. The summed E-state index contributed by atoms with van der Waals surface area (Å²) in [6.07, 6.45) is 6.58. The van der Waals surface area contributed by atoms with Crippen LogP contribution >= 0.6 is 0 Å². The molecule has 0 aliphatic heterocycles. The van der Waals surface area contributed by atoms with Crippen molar-refractivity contribution in [3.63, 3.8) is 0 Å². The number of guanidine groups is 1. The summed E-state index contributed by atoms with van der Waals surface area (Å²) in [5.74, 6) is 8.03. The van der Waals surface area contributed by atoms with Crippen molar-refractivity contribution in [1.82, 2.24) is 10.7 Å². The van der Waals surface area contributed by atoms with Gasteiger partial charge in [-0.25, -0.2) is 5.84 Å². The van der Waals surface area contributed by atoms with E-state index in [0.717, 1.165) is 30.8 Å². The molecule has 0 heterocycles. The third-order valence-electron chi connectivity index (χ3n) is 3.69. The van der Waals surface area contributed by atoms with Crippen LogP contribution in [-0.2, 0) is 0 Å². The smallest absolute Gasteiger partial charge is 0.205 e. The molecule has 2 saturated carbocycles. The fraction of sp³-hybridized carbons (Fsp3) is 0.909. The van der Waals surface area contributed by atoms with Gasteiger partial charge in [0.25, 0.3) is 0 Å². The van der Waals surface area contributed by atoms with Crippen molar-refractivity contribution in [2.24, 2.45) is 22.7 Å². The van der Waals surface area contributed by atoms with E-state index in [4.69, 9.17) is 5.84 Å². The SMILES string of the molecule is CCCN=C(NN)NC1CC2CCC1C2. The van der Waals surface area contributed by atoms with Crippen molar-refractivity contribution in [3.8, 4) is 0 Å².